The maximum Gasteiger partial charge on any atom is 0.262 e. The fourth-order valence-electron chi connectivity index (χ4n) is 3.27. The standard InChI is InChI=1S/C20H24N6O3S/c1-4-16-21-17(29-24-16)13(3)30-20-23-22-19-25(11-8-12-28-5-2)18(27)14-9-6-7-10-15(14)26(19)20/h6-7,9-10,13H,4-5,8,11-12H2,1-3H3. The molecule has 9 nitrogen and oxygen atoms in total. The fourth-order valence-corrected chi connectivity index (χ4v) is 4.15. The number of fused-ring (bicyclic) bond motifs is 3. The maximum absolute atomic E-state index is 13.1. The molecule has 0 bridgehead atoms. The predicted octanol–water partition coefficient (Wildman–Crippen LogP) is 3.27. The number of hydrogen-bond donors (Lipinski definition) is 0. The third kappa shape index (κ3) is 3.84. The number of thioether (sulfide) groups is 1. The van der Waals surface area contributed by atoms with Crippen molar-refractivity contribution in [3.05, 3.63) is 46.3 Å². The number of ether oxygens (including phenoxy) is 1. The molecule has 1 unspecified atom stereocenters. The van der Waals surface area contributed by atoms with Gasteiger partial charge in [0.05, 0.1) is 16.2 Å². The molecule has 4 rings (SSSR count). The number of aromatic nitrogens is 6. The first kappa shape index (κ1) is 20.5. The second-order valence-corrected chi connectivity index (χ2v) is 8.11. The normalized spacial score (nSPS) is 12.8. The average molecular weight is 429 g/mol. The second kappa shape index (κ2) is 8.97. The average Bonchev–Trinajstić information content (AvgIpc) is 3.41. The molecule has 3 heterocycles. The lowest BCUT2D eigenvalue weighted by molar-refractivity contribution is 0.141. The molecule has 0 N–H and O–H groups in total. The van der Waals surface area contributed by atoms with E-state index < -0.39 is 0 Å². The molecule has 0 amide bonds. The van der Waals surface area contributed by atoms with Gasteiger partial charge in [-0.05, 0) is 32.4 Å². The number of rotatable bonds is 9. The zero-order valence-electron chi connectivity index (χ0n) is 17.2. The Morgan fingerprint density at radius 3 is 2.83 bits per heavy atom. The van der Waals surface area contributed by atoms with Gasteiger partial charge < -0.3 is 9.26 Å². The maximum atomic E-state index is 13.1. The molecular weight excluding hydrogens is 404 g/mol. The number of hydrogen-bond acceptors (Lipinski definition) is 8. The highest BCUT2D eigenvalue weighted by Gasteiger charge is 2.21. The molecule has 0 aliphatic rings. The van der Waals surface area contributed by atoms with Crippen molar-refractivity contribution >= 4 is 28.4 Å². The summed E-state index contributed by atoms with van der Waals surface area (Å²) < 4.78 is 14.4. The van der Waals surface area contributed by atoms with Crippen LogP contribution in [0, 0.1) is 0 Å². The van der Waals surface area contributed by atoms with Crippen LogP contribution < -0.4 is 5.56 Å². The van der Waals surface area contributed by atoms with E-state index in [-0.39, 0.29) is 10.8 Å². The lowest BCUT2D eigenvalue weighted by Crippen LogP contribution is -2.24. The molecule has 10 heteroatoms. The molecule has 0 saturated heterocycles. The number of para-hydroxylation sites is 1. The Balaban J connectivity index is 1.76. The quantitative estimate of drug-likeness (QED) is 0.296. The molecule has 0 aliphatic heterocycles. The Morgan fingerprint density at radius 2 is 2.07 bits per heavy atom. The van der Waals surface area contributed by atoms with Gasteiger partial charge in [0.1, 0.15) is 0 Å². The van der Waals surface area contributed by atoms with Crippen molar-refractivity contribution in [3.8, 4) is 0 Å². The zero-order valence-corrected chi connectivity index (χ0v) is 18.1. The van der Waals surface area contributed by atoms with Gasteiger partial charge in [0.2, 0.25) is 11.7 Å². The minimum atomic E-state index is -0.109. The molecule has 0 radical (unpaired) electrons. The summed E-state index contributed by atoms with van der Waals surface area (Å²) in [7, 11) is 0. The molecule has 1 aromatic carbocycles. The van der Waals surface area contributed by atoms with Gasteiger partial charge >= 0.3 is 0 Å². The molecule has 0 saturated carbocycles. The monoisotopic (exact) mass is 428 g/mol. The van der Waals surface area contributed by atoms with Crippen molar-refractivity contribution < 1.29 is 9.26 Å². The molecular formula is C20H24N6O3S. The summed E-state index contributed by atoms with van der Waals surface area (Å²) in [4.78, 5) is 17.5. The van der Waals surface area contributed by atoms with Gasteiger partial charge in [0, 0.05) is 26.2 Å². The van der Waals surface area contributed by atoms with Gasteiger partial charge in [-0.15, -0.1) is 10.2 Å². The lowest BCUT2D eigenvalue weighted by atomic mass is 10.2. The highest BCUT2D eigenvalue weighted by Crippen LogP contribution is 2.33. The van der Waals surface area contributed by atoms with Gasteiger partial charge in [0.25, 0.3) is 5.56 Å². The van der Waals surface area contributed by atoms with Crippen LogP contribution in [-0.2, 0) is 17.7 Å². The van der Waals surface area contributed by atoms with Crippen LogP contribution in [0.25, 0.3) is 16.7 Å². The topological polar surface area (TPSA) is 100 Å². The minimum absolute atomic E-state index is 0.0731. The molecule has 0 fully saturated rings. The van der Waals surface area contributed by atoms with E-state index in [9.17, 15) is 4.79 Å². The first-order valence-electron chi connectivity index (χ1n) is 10.1. The Morgan fingerprint density at radius 1 is 1.23 bits per heavy atom. The largest absolute Gasteiger partial charge is 0.382 e. The van der Waals surface area contributed by atoms with E-state index in [0.29, 0.717) is 54.2 Å². The third-order valence-corrected chi connectivity index (χ3v) is 5.81. The van der Waals surface area contributed by atoms with E-state index in [0.717, 1.165) is 11.9 Å². The summed E-state index contributed by atoms with van der Waals surface area (Å²) in [5.41, 5.74) is 0.703. The highest BCUT2D eigenvalue weighted by atomic mass is 32.2. The molecule has 4 aromatic rings. The van der Waals surface area contributed by atoms with E-state index in [1.165, 1.54) is 11.8 Å². The van der Waals surface area contributed by atoms with Gasteiger partial charge in [0.15, 0.2) is 11.0 Å². The smallest absolute Gasteiger partial charge is 0.262 e. The second-order valence-electron chi connectivity index (χ2n) is 6.80. The van der Waals surface area contributed by atoms with Crippen molar-refractivity contribution in [1.82, 2.24) is 29.3 Å². The van der Waals surface area contributed by atoms with Crippen LogP contribution in [-0.4, -0.2) is 42.5 Å². The summed E-state index contributed by atoms with van der Waals surface area (Å²) in [5, 5.41) is 13.9. The fraction of sp³-hybridized carbons (Fsp3) is 0.450. The van der Waals surface area contributed by atoms with Crippen LogP contribution in [0.5, 0.6) is 0 Å². The van der Waals surface area contributed by atoms with Gasteiger partial charge in [-0.3, -0.25) is 13.8 Å². The highest BCUT2D eigenvalue weighted by molar-refractivity contribution is 7.99. The Kier molecular flexibility index (Phi) is 6.14. The Labute approximate surface area is 177 Å². The Bertz CT molecular complexity index is 1210. The van der Waals surface area contributed by atoms with E-state index in [4.69, 9.17) is 9.26 Å². The van der Waals surface area contributed by atoms with E-state index in [2.05, 4.69) is 20.3 Å². The third-order valence-electron chi connectivity index (χ3n) is 4.78. The van der Waals surface area contributed by atoms with E-state index in [1.54, 1.807) is 4.57 Å². The summed E-state index contributed by atoms with van der Waals surface area (Å²) in [5.74, 6) is 1.74. The van der Waals surface area contributed by atoms with Crippen LogP contribution in [0.3, 0.4) is 0 Å². The summed E-state index contributed by atoms with van der Waals surface area (Å²) in [6, 6.07) is 7.52. The first-order chi connectivity index (χ1) is 14.6. The van der Waals surface area contributed by atoms with Gasteiger partial charge in [-0.1, -0.05) is 36.0 Å². The molecule has 0 spiro atoms. The minimum Gasteiger partial charge on any atom is -0.382 e. The van der Waals surface area contributed by atoms with Crippen LogP contribution in [0.1, 0.15) is 44.2 Å². The number of benzene rings is 1. The van der Waals surface area contributed by atoms with Crippen LogP contribution in [0.4, 0.5) is 0 Å². The van der Waals surface area contributed by atoms with E-state index >= 15 is 0 Å². The van der Waals surface area contributed by atoms with Crippen molar-refractivity contribution in [2.75, 3.05) is 13.2 Å². The van der Waals surface area contributed by atoms with Crippen molar-refractivity contribution in [2.24, 2.45) is 0 Å². The molecule has 0 aliphatic carbocycles. The van der Waals surface area contributed by atoms with Crippen molar-refractivity contribution in [3.63, 3.8) is 0 Å². The number of aryl methyl sites for hydroxylation is 2. The van der Waals surface area contributed by atoms with Crippen molar-refractivity contribution in [2.45, 2.75) is 50.6 Å². The SMILES string of the molecule is CCOCCCn1c(=O)c2ccccc2n2c(SC(C)c3nc(CC)no3)nnc12. The van der Waals surface area contributed by atoms with E-state index in [1.807, 2.05) is 49.4 Å². The predicted molar refractivity (Wildman–Crippen MR) is 114 cm³/mol. The first-order valence-corrected chi connectivity index (χ1v) is 11.0. The molecule has 3 aromatic heterocycles. The van der Waals surface area contributed by atoms with Crippen LogP contribution >= 0.6 is 11.8 Å². The van der Waals surface area contributed by atoms with Gasteiger partial charge in [-0.2, -0.15) is 4.98 Å². The molecule has 30 heavy (non-hydrogen) atoms. The summed E-state index contributed by atoms with van der Waals surface area (Å²) in [6.07, 6.45) is 1.43. The summed E-state index contributed by atoms with van der Waals surface area (Å²) in [6.45, 7) is 7.67. The van der Waals surface area contributed by atoms with Crippen molar-refractivity contribution in [1.29, 1.82) is 0 Å². The molecule has 1 atom stereocenters. The van der Waals surface area contributed by atoms with Crippen LogP contribution in [0.15, 0.2) is 38.7 Å². The molecule has 158 valence electrons. The summed E-state index contributed by atoms with van der Waals surface area (Å²) >= 11 is 1.47. The zero-order chi connectivity index (χ0) is 21.1. The van der Waals surface area contributed by atoms with Gasteiger partial charge in [-0.25, -0.2) is 0 Å². The Hall–Kier alpha value is -2.72. The number of nitrogens with zero attached hydrogens (tertiary/aromatic N) is 6. The van der Waals surface area contributed by atoms with Crippen LogP contribution in [0.2, 0.25) is 0 Å². The lowest BCUT2D eigenvalue weighted by Gasteiger charge is -2.12.